The number of anilines is 1. The number of aromatic nitrogens is 4. The zero-order valence-corrected chi connectivity index (χ0v) is 21.4. The van der Waals surface area contributed by atoms with Crippen LogP contribution in [0, 0.1) is 0 Å². The molecule has 0 saturated carbocycles. The fourth-order valence-corrected chi connectivity index (χ4v) is 5.86. The van der Waals surface area contributed by atoms with E-state index in [1.165, 1.54) is 12.0 Å². The third-order valence-electron chi connectivity index (χ3n) is 7.75. The second kappa shape index (κ2) is 9.57. The molecule has 2 unspecified atom stereocenters. The summed E-state index contributed by atoms with van der Waals surface area (Å²) < 4.78 is 37.8. The number of hydrogen-bond donors (Lipinski definition) is 0. The van der Waals surface area contributed by atoms with Crippen molar-refractivity contribution in [2.45, 2.75) is 38.0 Å². The number of alkyl halides is 2. The molecule has 200 valence electrons. The lowest BCUT2D eigenvalue weighted by atomic mass is 9.87. The van der Waals surface area contributed by atoms with Gasteiger partial charge in [0.15, 0.2) is 0 Å². The first-order valence-electron chi connectivity index (χ1n) is 13.0. The number of nitrogens with zero attached hydrogens (tertiary/aromatic N) is 7. The van der Waals surface area contributed by atoms with E-state index in [2.05, 4.69) is 30.9 Å². The van der Waals surface area contributed by atoms with Crippen molar-refractivity contribution in [3.05, 3.63) is 65.7 Å². The first kappa shape index (κ1) is 24.0. The fourth-order valence-electron chi connectivity index (χ4n) is 5.86. The monoisotopic (exact) mass is 531 g/mol. The van der Waals surface area contributed by atoms with Crippen LogP contribution in [-0.4, -0.2) is 76.0 Å². The first-order chi connectivity index (χ1) is 19.1. The van der Waals surface area contributed by atoms with Crippen molar-refractivity contribution in [3.8, 4) is 22.8 Å². The Hall–Kier alpha value is -4.12. The third kappa shape index (κ3) is 4.36. The van der Waals surface area contributed by atoms with Crippen LogP contribution in [0.15, 0.2) is 53.9 Å². The molecule has 4 aromatic rings. The lowest BCUT2D eigenvalue weighted by molar-refractivity contribution is -0.00876. The molecule has 8 rings (SSSR count). The van der Waals surface area contributed by atoms with E-state index >= 15 is 0 Å². The van der Waals surface area contributed by atoms with Crippen LogP contribution >= 0.6 is 0 Å². The van der Waals surface area contributed by atoms with Crippen molar-refractivity contribution < 1.29 is 18.3 Å². The van der Waals surface area contributed by atoms with Crippen molar-refractivity contribution in [1.82, 2.24) is 24.5 Å². The highest BCUT2D eigenvalue weighted by atomic mass is 19.3. The Kier molecular flexibility index (Phi) is 5.88. The Labute approximate surface area is 223 Å². The molecule has 3 fully saturated rings. The summed E-state index contributed by atoms with van der Waals surface area (Å²) in [7, 11) is 1.62. The number of piperidine rings is 1. The predicted octanol–water partition coefficient (Wildman–Crippen LogP) is 3.84. The number of pyridine rings is 3. The van der Waals surface area contributed by atoms with Crippen LogP contribution in [0.1, 0.15) is 23.2 Å². The van der Waals surface area contributed by atoms with Crippen molar-refractivity contribution >= 4 is 17.5 Å². The summed E-state index contributed by atoms with van der Waals surface area (Å²) in [6.07, 6.45) is 5.82. The third-order valence-corrected chi connectivity index (χ3v) is 7.75. The molecule has 4 aliphatic heterocycles. The second-order valence-corrected chi connectivity index (χ2v) is 10.1. The molecule has 3 saturated heterocycles. The molecule has 39 heavy (non-hydrogen) atoms. The average molecular weight is 532 g/mol. The van der Waals surface area contributed by atoms with Gasteiger partial charge < -0.3 is 14.4 Å². The highest BCUT2D eigenvalue weighted by Crippen LogP contribution is 2.37. The van der Waals surface area contributed by atoms with Crippen LogP contribution in [0.3, 0.4) is 0 Å². The van der Waals surface area contributed by atoms with Gasteiger partial charge in [-0.15, -0.1) is 0 Å². The number of hydrogen-bond acceptors (Lipinski definition) is 8. The van der Waals surface area contributed by atoms with Crippen LogP contribution in [-0.2, 0) is 13.1 Å². The van der Waals surface area contributed by atoms with E-state index < -0.39 is 13.0 Å². The molecule has 8 heterocycles. The highest BCUT2D eigenvalue weighted by Gasteiger charge is 2.44. The van der Waals surface area contributed by atoms with E-state index in [-0.39, 0.29) is 0 Å². The van der Waals surface area contributed by atoms with Gasteiger partial charge in [0.25, 0.3) is 6.43 Å². The molecule has 4 aromatic heterocycles. The summed E-state index contributed by atoms with van der Waals surface area (Å²) in [6.45, 7) is 2.55. The van der Waals surface area contributed by atoms with E-state index in [1.54, 1.807) is 23.9 Å². The topological polar surface area (TPSA) is 80.4 Å². The van der Waals surface area contributed by atoms with Crippen LogP contribution in [0.25, 0.3) is 16.6 Å². The van der Waals surface area contributed by atoms with Crippen molar-refractivity contribution in [2.75, 3.05) is 31.7 Å². The van der Waals surface area contributed by atoms with E-state index in [1.807, 2.05) is 36.8 Å². The summed E-state index contributed by atoms with van der Waals surface area (Å²) in [5.74, 6) is 1.89. The summed E-state index contributed by atoms with van der Waals surface area (Å²) in [5.41, 5.74) is 5.54. The van der Waals surface area contributed by atoms with Crippen LogP contribution < -0.4 is 14.4 Å². The minimum atomic E-state index is -2.56. The van der Waals surface area contributed by atoms with Gasteiger partial charge in [-0.05, 0) is 30.2 Å². The van der Waals surface area contributed by atoms with Crippen molar-refractivity contribution in [3.63, 3.8) is 0 Å². The molecule has 0 aliphatic carbocycles. The summed E-state index contributed by atoms with van der Waals surface area (Å²) >= 11 is 0. The predicted molar refractivity (Wildman–Crippen MR) is 142 cm³/mol. The number of aliphatic imine (C=N–C) groups is 1. The highest BCUT2D eigenvalue weighted by molar-refractivity contribution is 5.99. The standard InChI is InChI=1S/C28H27F2N7O2/c1-38-27-5-2-17(8-33-27)12-36-19-6-20(36)14-35(13-19)26-4-3-18(9-32-26)22-7-21(39-16-25(29)30)15-37-28(22)23-10-31-11-24(23)34-37/h2-5,7-10,15,19-20,25H,6,11-14,16H2,1H3. The van der Waals surface area contributed by atoms with E-state index in [0.29, 0.717) is 30.3 Å². The maximum Gasteiger partial charge on any atom is 0.272 e. The van der Waals surface area contributed by atoms with Gasteiger partial charge in [0.2, 0.25) is 5.88 Å². The number of methoxy groups -OCH3 is 1. The van der Waals surface area contributed by atoms with E-state index in [9.17, 15) is 8.78 Å². The molecule has 9 nitrogen and oxygen atoms in total. The number of piperazine rings is 1. The van der Waals surface area contributed by atoms with E-state index in [0.717, 1.165) is 53.4 Å². The lowest BCUT2D eigenvalue weighted by Gasteiger charge is -2.56. The zero-order valence-electron chi connectivity index (χ0n) is 21.4. The summed E-state index contributed by atoms with van der Waals surface area (Å²) in [4.78, 5) is 18.4. The van der Waals surface area contributed by atoms with Gasteiger partial charge in [-0.1, -0.05) is 6.07 Å². The van der Waals surface area contributed by atoms with Gasteiger partial charge in [0.1, 0.15) is 18.2 Å². The summed E-state index contributed by atoms with van der Waals surface area (Å²) in [6, 6.07) is 10.8. The van der Waals surface area contributed by atoms with Gasteiger partial charge >= 0.3 is 0 Å². The van der Waals surface area contributed by atoms with Crippen molar-refractivity contribution in [1.29, 1.82) is 0 Å². The largest absolute Gasteiger partial charge is 0.486 e. The van der Waals surface area contributed by atoms with Gasteiger partial charge in [-0.3, -0.25) is 9.89 Å². The Morgan fingerprint density at radius 3 is 2.67 bits per heavy atom. The number of halogens is 2. The Morgan fingerprint density at radius 2 is 1.95 bits per heavy atom. The number of rotatable bonds is 8. The number of fused-ring (bicyclic) bond motifs is 5. The maximum atomic E-state index is 12.8. The van der Waals surface area contributed by atoms with Crippen LogP contribution in [0.2, 0.25) is 0 Å². The molecule has 11 heteroatoms. The summed E-state index contributed by atoms with van der Waals surface area (Å²) in [5, 5.41) is 4.60. The SMILES string of the molecule is COc1ccc(CN2C3CC2CN(c2ccc(-c4cc(OCC(F)F)cn5nc6c(c45)C=NC6)cn2)C3)cn1. The first-order valence-corrected chi connectivity index (χ1v) is 13.0. The molecule has 2 bridgehead atoms. The molecular formula is C28H27F2N7O2. The Balaban J connectivity index is 1.10. The van der Waals surface area contributed by atoms with E-state index in [4.69, 9.17) is 14.5 Å². The normalized spacial score (nSPS) is 19.9. The molecule has 0 N–H and O–H groups in total. The minimum Gasteiger partial charge on any atom is -0.486 e. The number of ether oxygens (including phenoxy) is 2. The maximum absolute atomic E-state index is 12.8. The molecule has 0 amide bonds. The smallest absolute Gasteiger partial charge is 0.272 e. The molecule has 2 atom stereocenters. The Morgan fingerprint density at radius 1 is 1.08 bits per heavy atom. The fraction of sp³-hybridized carbons (Fsp3) is 0.357. The molecule has 0 spiro atoms. The van der Waals surface area contributed by atoms with Gasteiger partial charge in [0.05, 0.1) is 31.1 Å². The zero-order chi connectivity index (χ0) is 26.5. The van der Waals surface area contributed by atoms with Crippen molar-refractivity contribution in [2.24, 2.45) is 4.99 Å². The van der Waals surface area contributed by atoms with Crippen LogP contribution in [0.4, 0.5) is 14.6 Å². The average Bonchev–Trinajstić information content (AvgIpc) is 3.56. The second-order valence-electron chi connectivity index (χ2n) is 10.1. The molecular weight excluding hydrogens is 504 g/mol. The van der Waals surface area contributed by atoms with Gasteiger partial charge in [-0.2, -0.15) is 5.10 Å². The quantitative estimate of drug-likeness (QED) is 0.342. The molecule has 4 aliphatic rings. The van der Waals surface area contributed by atoms with Gasteiger partial charge in [-0.25, -0.2) is 23.3 Å². The van der Waals surface area contributed by atoms with Crippen LogP contribution in [0.5, 0.6) is 11.6 Å². The van der Waals surface area contributed by atoms with Gasteiger partial charge in [0, 0.05) is 73.1 Å². The minimum absolute atomic E-state index is 0.336. The molecule has 0 radical (unpaired) electrons. The molecule has 0 aromatic carbocycles. The lowest BCUT2D eigenvalue weighted by Crippen LogP contribution is -2.68. The Bertz CT molecular complexity index is 1530.